The molecule has 0 spiro atoms. The van der Waals surface area contributed by atoms with E-state index < -0.39 is 5.82 Å². The number of nitrogens with one attached hydrogen (secondary N) is 1. The highest BCUT2D eigenvalue weighted by atomic mass is 79.9. The van der Waals surface area contributed by atoms with Gasteiger partial charge in [-0.1, -0.05) is 0 Å². The maximum absolute atomic E-state index is 13.1. The van der Waals surface area contributed by atoms with Gasteiger partial charge in [-0.05, 0) is 58.4 Å². The molecular weight excluding hydrogens is 339 g/mol. The molecule has 0 saturated heterocycles. The third kappa shape index (κ3) is 4.27. The van der Waals surface area contributed by atoms with Gasteiger partial charge in [0.1, 0.15) is 18.2 Å². The molecule has 0 bridgehead atoms. The summed E-state index contributed by atoms with van der Waals surface area (Å²) in [7, 11) is 0. The lowest BCUT2D eigenvalue weighted by Crippen LogP contribution is -2.12. The first-order valence-electron chi connectivity index (χ1n) is 6.29. The van der Waals surface area contributed by atoms with E-state index in [2.05, 4.69) is 21.2 Å². The van der Waals surface area contributed by atoms with E-state index in [0.29, 0.717) is 30.2 Å². The smallest absolute Gasteiger partial charge is 0.255 e. The number of amides is 1. The second-order valence-electron chi connectivity index (χ2n) is 4.24. The van der Waals surface area contributed by atoms with Crippen molar-refractivity contribution in [1.29, 1.82) is 0 Å². The van der Waals surface area contributed by atoms with Crippen LogP contribution in [-0.2, 0) is 0 Å². The molecule has 6 heteroatoms. The van der Waals surface area contributed by atoms with Gasteiger partial charge < -0.3 is 15.8 Å². The number of carbonyl (C=O) groups is 1. The molecule has 21 heavy (non-hydrogen) atoms. The summed E-state index contributed by atoms with van der Waals surface area (Å²) in [4.78, 5) is 12.0. The van der Waals surface area contributed by atoms with Crippen LogP contribution in [0, 0.1) is 5.82 Å². The van der Waals surface area contributed by atoms with Crippen molar-refractivity contribution < 1.29 is 13.9 Å². The van der Waals surface area contributed by atoms with Gasteiger partial charge >= 0.3 is 0 Å². The molecule has 0 aromatic heterocycles. The number of hydrogen-bond acceptors (Lipinski definition) is 3. The van der Waals surface area contributed by atoms with Crippen LogP contribution in [0.2, 0.25) is 0 Å². The van der Waals surface area contributed by atoms with Gasteiger partial charge in [0.25, 0.3) is 5.91 Å². The van der Waals surface area contributed by atoms with Crippen molar-refractivity contribution in [3.05, 3.63) is 58.3 Å². The van der Waals surface area contributed by atoms with Crippen LogP contribution in [0.1, 0.15) is 10.4 Å². The second-order valence-corrected chi connectivity index (χ2v) is 5.10. The monoisotopic (exact) mass is 352 g/mol. The fraction of sp³-hybridized carbons (Fsp3) is 0.133. The second kappa shape index (κ2) is 7.19. The molecule has 2 aromatic carbocycles. The van der Waals surface area contributed by atoms with E-state index in [-0.39, 0.29) is 10.4 Å². The minimum Gasteiger partial charge on any atom is -0.492 e. The van der Waals surface area contributed by atoms with Crippen LogP contribution in [-0.4, -0.2) is 19.1 Å². The predicted molar refractivity (Wildman–Crippen MR) is 83.0 cm³/mol. The highest BCUT2D eigenvalue weighted by Gasteiger charge is 2.09. The number of halogens is 2. The first-order chi connectivity index (χ1) is 10.1. The first-order valence-corrected chi connectivity index (χ1v) is 7.09. The summed E-state index contributed by atoms with van der Waals surface area (Å²) in [5.74, 6) is -0.0396. The van der Waals surface area contributed by atoms with Crippen molar-refractivity contribution in [2.75, 3.05) is 18.5 Å². The van der Waals surface area contributed by atoms with E-state index in [9.17, 15) is 9.18 Å². The molecule has 0 unspecified atom stereocenters. The molecule has 0 aliphatic rings. The minimum absolute atomic E-state index is 0.251. The topological polar surface area (TPSA) is 64.3 Å². The summed E-state index contributed by atoms with van der Waals surface area (Å²) in [5.41, 5.74) is 6.34. The Morgan fingerprint density at radius 2 is 1.95 bits per heavy atom. The van der Waals surface area contributed by atoms with Crippen LogP contribution < -0.4 is 15.8 Å². The van der Waals surface area contributed by atoms with Crippen molar-refractivity contribution in [2.45, 2.75) is 0 Å². The van der Waals surface area contributed by atoms with Gasteiger partial charge in [0.15, 0.2) is 0 Å². The number of rotatable bonds is 5. The quantitative estimate of drug-likeness (QED) is 0.868. The fourth-order valence-corrected chi connectivity index (χ4v) is 2.03. The number of ether oxygens (including phenoxy) is 1. The molecule has 3 N–H and O–H groups in total. The molecule has 2 aromatic rings. The third-order valence-corrected chi connectivity index (χ3v) is 3.29. The SMILES string of the molecule is NCCOc1ccc(NC(=O)c2ccc(F)c(Br)c2)cc1. The van der Waals surface area contributed by atoms with Gasteiger partial charge in [0, 0.05) is 17.8 Å². The van der Waals surface area contributed by atoms with Crippen LogP contribution in [0.5, 0.6) is 5.75 Å². The van der Waals surface area contributed by atoms with Crippen molar-refractivity contribution >= 4 is 27.5 Å². The summed E-state index contributed by atoms with van der Waals surface area (Å²) >= 11 is 3.05. The Kier molecular flexibility index (Phi) is 5.30. The third-order valence-electron chi connectivity index (χ3n) is 2.68. The van der Waals surface area contributed by atoms with E-state index in [0.717, 1.165) is 0 Å². The Bertz CT molecular complexity index is 632. The summed E-state index contributed by atoms with van der Waals surface area (Å²) in [5, 5.41) is 2.73. The largest absolute Gasteiger partial charge is 0.492 e. The number of anilines is 1. The zero-order chi connectivity index (χ0) is 15.2. The fourth-order valence-electron chi connectivity index (χ4n) is 1.65. The van der Waals surface area contributed by atoms with E-state index in [1.54, 1.807) is 24.3 Å². The molecule has 0 radical (unpaired) electrons. The Hall–Kier alpha value is -1.92. The minimum atomic E-state index is -0.409. The standard InChI is InChI=1S/C15H14BrFN2O2/c16-13-9-10(1-6-14(13)17)15(20)19-11-2-4-12(5-3-11)21-8-7-18/h1-6,9H,7-8,18H2,(H,19,20). The lowest BCUT2D eigenvalue weighted by atomic mass is 10.2. The molecule has 0 aliphatic carbocycles. The Morgan fingerprint density at radius 3 is 2.57 bits per heavy atom. The summed E-state index contributed by atoms with van der Waals surface area (Å²) in [6, 6.07) is 11.0. The molecule has 110 valence electrons. The number of hydrogen-bond donors (Lipinski definition) is 2. The average Bonchev–Trinajstić information content (AvgIpc) is 2.49. The highest BCUT2D eigenvalue weighted by molar-refractivity contribution is 9.10. The molecule has 0 atom stereocenters. The van der Waals surface area contributed by atoms with E-state index >= 15 is 0 Å². The van der Waals surface area contributed by atoms with Gasteiger partial charge in [-0.15, -0.1) is 0 Å². The first kappa shape index (κ1) is 15.5. The lowest BCUT2D eigenvalue weighted by molar-refractivity contribution is 0.102. The zero-order valence-electron chi connectivity index (χ0n) is 11.1. The number of carbonyl (C=O) groups excluding carboxylic acids is 1. The number of nitrogens with two attached hydrogens (primary N) is 1. The summed E-state index contributed by atoms with van der Waals surface area (Å²) in [6.45, 7) is 0.882. The molecule has 0 saturated carbocycles. The van der Waals surface area contributed by atoms with Crippen LogP contribution in [0.3, 0.4) is 0 Å². The highest BCUT2D eigenvalue weighted by Crippen LogP contribution is 2.19. The summed E-state index contributed by atoms with van der Waals surface area (Å²) < 4.78 is 18.7. The van der Waals surface area contributed by atoms with Gasteiger partial charge in [-0.3, -0.25) is 4.79 Å². The Labute approximate surface area is 130 Å². The van der Waals surface area contributed by atoms with Gasteiger partial charge in [0.05, 0.1) is 4.47 Å². The lowest BCUT2D eigenvalue weighted by Gasteiger charge is -2.08. The predicted octanol–water partition coefficient (Wildman–Crippen LogP) is 3.18. The van der Waals surface area contributed by atoms with Crippen LogP contribution >= 0.6 is 15.9 Å². The van der Waals surface area contributed by atoms with Crippen molar-refractivity contribution in [3.8, 4) is 5.75 Å². The van der Waals surface area contributed by atoms with Crippen LogP contribution in [0.15, 0.2) is 46.9 Å². The van der Waals surface area contributed by atoms with E-state index in [1.165, 1.54) is 18.2 Å². The molecule has 4 nitrogen and oxygen atoms in total. The van der Waals surface area contributed by atoms with E-state index in [1.807, 2.05) is 0 Å². The Balaban J connectivity index is 2.03. The van der Waals surface area contributed by atoms with Crippen LogP contribution in [0.4, 0.5) is 10.1 Å². The van der Waals surface area contributed by atoms with Gasteiger partial charge in [0.2, 0.25) is 0 Å². The van der Waals surface area contributed by atoms with E-state index in [4.69, 9.17) is 10.5 Å². The molecule has 0 fully saturated rings. The van der Waals surface area contributed by atoms with Crippen molar-refractivity contribution in [1.82, 2.24) is 0 Å². The normalized spacial score (nSPS) is 10.2. The molecular formula is C15H14BrFN2O2. The maximum atomic E-state index is 13.1. The molecule has 0 aliphatic heterocycles. The van der Waals surface area contributed by atoms with Crippen molar-refractivity contribution in [2.24, 2.45) is 5.73 Å². The zero-order valence-corrected chi connectivity index (χ0v) is 12.7. The molecule has 2 rings (SSSR count). The number of benzene rings is 2. The Morgan fingerprint density at radius 1 is 1.24 bits per heavy atom. The average molecular weight is 353 g/mol. The molecule has 0 heterocycles. The van der Waals surface area contributed by atoms with Gasteiger partial charge in [-0.2, -0.15) is 0 Å². The molecule has 1 amide bonds. The summed E-state index contributed by atoms with van der Waals surface area (Å²) in [6.07, 6.45) is 0. The maximum Gasteiger partial charge on any atom is 0.255 e. The van der Waals surface area contributed by atoms with Crippen LogP contribution in [0.25, 0.3) is 0 Å². The van der Waals surface area contributed by atoms with Gasteiger partial charge in [-0.25, -0.2) is 4.39 Å². The van der Waals surface area contributed by atoms with Crippen molar-refractivity contribution in [3.63, 3.8) is 0 Å².